The largest absolute Gasteiger partial charge is 0.384 e. The molecule has 0 amide bonds. The van der Waals surface area contributed by atoms with Crippen LogP contribution in [0.3, 0.4) is 0 Å². The highest BCUT2D eigenvalue weighted by Gasteiger charge is 2.27. The van der Waals surface area contributed by atoms with Crippen LogP contribution in [0.4, 0.5) is 16.0 Å². The Hall–Kier alpha value is -1.88. The molecule has 2 aromatic rings. The van der Waals surface area contributed by atoms with Crippen molar-refractivity contribution in [2.45, 2.75) is 25.3 Å². The van der Waals surface area contributed by atoms with E-state index in [0.717, 1.165) is 24.2 Å². The highest BCUT2D eigenvalue weighted by molar-refractivity contribution is 6.30. The number of aromatic nitrogens is 2. The molecule has 0 unspecified atom stereocenters. The van der Waals surface area contributed by atoms with Crippen molar-refractivity contribution in [2.24, 2.45) is 0 Å². The van der Waals surface area contributed by atoms with Crippen molar-refractivity contribution in [3.05, 3.63) is 46.5 Å². The Morgan fingerprint density at radius 2 is 2.10 bits per heavy atom. The van der Waals surface area contributed by atoms with Crippen molar-refractivity contribution >= 4 is 23.2 Å². The Balaban J connectivity index is 1.72. The van der Waals surface area contributed by atoms with Crippen LogP contribution in [0.2, 0.25) is 5.02 Å². The van der Waals surface area contributed by atoms with E-state index in [1.807, 2.05) is 0 Å². The molecule has 0 aliphatic heterocycles. The lowest BCUT2D eigenvalue weighted by atomic mass is 10.2. The van der Waals surface area contributed by atoms with Gasteiger partial charge in [0.1, 0.15) is 23.3 Å². The molecule has 0 bridgehead atoms. The van der Waals surface area contributed by atoms with Gasteiger partial charge in [0.2, 0.25) is 0 Å². The second-order valence-electron chi connectivity index (χ2n) is 4.91. The van der Waals surface area contributed by atoms with Crippen LogP contribution in [0.25, 0.3) is 0 Å². The number of benzene rings is 1. The van der Waals surface area contributed by atoms with Gasteiger partial charge in [-0.05, 0) is 30.5 Å². The summed E-state index contributed by atoms with van der Waals surface area (Å²) in [4.78, 5) is 8.67. The quantitative estimate of drug-likeness (QED) is 0.907. The summed E-state index contributed by atoms with van der Waals surface area (Å²) < 4.78 is 13.1. The molecule has 1 heterocycles. The fraction of sp³-hybridized carbons (Fsp3) is 0.286. The summed E-state index contributed by atoms with van der Waals surface area (Å²) in [5.41, 5.74) is 6.65. The molecule has 1 fully saturated rings. The molecule has 1 aromatic heterocycles. The van der Waals surface area contributed by atoms with Crippen molar-refractivity contribution in [2.75, 3.05) is 11.1 Å². The maximum Gasteiger partial charge on any atom is 0.141 e. The van der Waals surface area contributed by atoms with Crippen molar-refractivity contribution in [1.82, 2.24) is 9.97 Å². The lowest BCUT2D eigenvalue weighted by Crippen LogP contribution is -2.06. The molecular weight excluding hydrogens is 279 g/mol. The number of nitrogens with zero attached hydrogens (tertiary/aromatic N) is 2. The maximum atomic E-state index is 13.1. The highest BCUT2D eigenvalue weighted by Crippen LogP contribution is 2.38. The minimum absolute atomic E-state index is 0.116. The number of nitrogens with one attached hydrogen (secondary N) is 1. The number of rotatable bonds is 4. The topological polar surface area (TPSA) is 63.8 Å². The summed E-state index contributed by atoms with van der Waals surface area (Å²) in [6, 6.07) is 6.32. The molecule has 3 N–H and O–H groups in total. The third kappa shape index (κ3) is 2.99. The zero-order valence-corrected chi connectivity index (χ0v) is 11.5. The Labute approximate surface area is 121 Å². The van der Waals surface area contributed by atoms with Crippen LogP contribution >= 0.6 is 11.6 Å². The summed E-state index contributed by atoms with van der Waals surface area (Å²) in [6.45, 7) is 0.501. The Kier molecular flexibility index (Phi) is 3.44. The van der Waals surface area contributed by atoms with Crippen molar-refractivity contribution in [1.29, 1.82) is 0 Å². The predicted molar refractivity (Wildman–Crippen MR) is 77.2 cm³/mol. The van der Waals surface area contributed by atoms with Crippen molar-refractivity contribution in [3.8, 4) is 0 Å². The van der Waals surface area contributed by atoms with Crippen LogP contribution in [0.5, 0.6) is 0 Å². The van der Waals surface area contributed by atoms with E-state index in [1.54, 1.807) is 18.2 Å². The van der Waals surface area contributed by atoms with Crippen molar-refractivity contribution in [3.63, 3.8) is 0 Å². The summed E-state index contributed by atoms with van der Waals surface area (Å²) in [7, 11) is 0. The normalized spacial score (nSPS) is 14.3. The van der Waals surface area contributed by atoms with Crippen LogP contribution in [0, 0.1) is 5.82 Å². The van der Waals surface area contributed by atoms with E-state index >= 15 is 0 Å². The van der Waals surface area contributed by atoms with Crippen LogP contribution in [-0.4, -0.2) is 9.97 Å². The monoisotopic (exact) mass is 292 g/mol. The van der Waals surface area contributed by atoms with Gasteiger partial charge in [-0.1, -0.05) is 17.7 Å². The third-order valence-corrected chi connectivity index (χ3v) is 3.45. The van der Waals surface area contributed by atoms with Crippen LogP contribution in [0.1, 0.15) is 30.1 Å². The highest BCUT2D eigenvalue weighted by atomic mass is 35.5. The fourth-order valence-corrected chi connectivity index (χ4v) is 2.15. The zero-order valence-electron chi connectivity index (χ0n) is 10.7. The van der Waals surface area contributed by atoms with Crippen LogP contribution in [0.15, 0.2) is 24.3 Å². The Bertz CT molecular complexity index is 643. The maximum absolute atomic E-state index is 13.1. The van der Waals surface area contributed by atoms with E-state index in [-0.39, 0.29) is 5.02 Å². The van der Waals surface area contributed by atoms with Crippen LogP contribution in [-0.2, 0) is 6.54 Å². The van der Waals surface area contributed by atoms with Gasteiger partial charge < -0.3 is 11.1 Å². The minimum Gasteiger partial charge on any atom is -0.384 e. The minimum atomic E-state index is -0.419. The molecule has 104 valence electrons. The summed E-state index contributed by atoms with van der Waals surface area (Å²) in [6.07, 6.45) is 2.24. The van der Waals surface area contributed by atoms with E-state index in [1.165, 1.54) is 6.07 Å². The number of nitrogen functional groups attached to an aromatic ring is 1. The molecule has 3 rings (SSSR count). The average molecular weight is 293 g/mol. The summed E-state index contributed by atoms with van der Waals surface area (Å²) in [5.74, 6) is 1.96. The average Bonchev–Trinajstić information content (AvgIpc) is 3.24. The molecule has 0 radical (unpaired) electrons. The molecular formula is C14H14ClFN4. The first-order valence-corrected chi connectivity index (χ1v) is 6.82. The number of halogens is 2. The lowest BCUT2D eigenvalue weighted by molar-refractivity contribution is 0.627. The first-order valence-electron chi connectivity index (χ1n) is 6.44. The smallest absolute Gasteiger partial charge is 0.141 e. The van der Waals surface area contributed by atoms with E-state index in [9.17, 15) is 4.39 Å². The molecule has 1 saturated carbocycles. The van der Waals surface area contributed by atoms with Gasteiger partial charge in [0.05, 0.1) is 5.02 Å². The van der Waals surface area contributed by atoms with Gasteiger partial charge in [0.25, 0.3) is 0 Å². The van der Waals surface area contributed by atoms with Gasteiger partial charge in [-0.2, -0.15) is 0 Å². The second-order valence-corrected chi connectivity index (χ2v) is 5.32. The molecule has 1 aromatic carbocycles. The standard InChI is InChI=1S/C14H14ClFN4/c15-10-5-8(1-4-11(10)16)7-18-13-6-12(17)19-14(20-13)9-2-3-9/h1,4-6,9H,2-3,7H2,(H3,17,18,19,20). The molecule has 4 nitrogen and oxygen atoms in total. The molecule has 0 saturated heterocycles. The van der Waals surface area contributed by atoms with Gasteiger partial charge >= 0.3 is 0 Å². The van der Waals surface area contributed by atoms with Crippen molar-refractivity contribution < 1.29 is 4.39 Å². The molecule has 0 atom stereocenters. The molecule has 1 aliphatic carbocycles. The third-order valence-electron chi connectivity index (χ3n) is 3.16. The first kappa shape index (κ1) is 13.1. The van der Waals surface area contributed by atoms with Gasteiger partial charge in [0.15, 0.2) is 0 Å². The number of nitrogens with two attached hydrogens (primary N) is 1. The zero-order chi connectivity index (χ0) is 14.1. The number of hydrogen-bond donors (Lipinski definition) is 2. The van der Waals surface area contributed by atoms with Gasteiger partial charge in [-0.25, -0.2) is 14.4 Å². The number of hydrogen-bond acceptors (Lipinski definition) is 4. The lowest BCUT2D eigenvalue weighted by Gasteiger charge is -2.08. The predicted octanol–water partition coefficient (Wildman–Crippen LogP) is 3.34. The Morgan fingerprint density at radius 3 is 2.80 bits per heavy atom. The van der Waals surface area contributed by atoms with Crippen LogP contribution < -0.4 is 11.1 Å². The first-order chi connectivity index (χ1) is 9.61. The van der Waals surface area contributed by atoms with E-state index in [0.29, 0.717) is 24.1 Å². The van der Waals surface area contributed by atoms with Gasteiger partial charge in [0, 0.05) is 18.5 Å². The van der Waals surface area contributed by atoms with Gasteiger partial charge in [-0.15, -0.1) is 0 Å². The molecule has 6 heteroatoms. The Morgan fingerprint density at radius 1 is 1.30 bits per heavy atom. The van der Waals surface area contributed by atoms with E-state index < -0.39 is 5.82 Å². The summed E-state index contributed by atoms with van der Waals surface area (Å²) in [5, 5.41) is 3.28. The van der Waals surface area contributed by atoms with E-state index in [2.05, 4.69) is 15.3 Å². The fourth-order valence-electron chi connectivity index (χ4n) is 1.94. The molecule has 0 spiro atoms. The molecule has 20 heavy (non-hydrogen) atoms. The number of anilines is 2. The van der Waals surface area contributed by atoms with E-state index in [4.69, 9.17) is 17.3 Å². The summed E-state index contributed by atoms with van der Waals surface area (Å²) >= 11 is 5.75. The second kappa shape index (κ2) is 5.25. The molecule has 1 aliphatic rings. The van der Waals surface area contributed by atoms with Gasteiger partial charge in [-0.3, -0.25) is 0 Å². The SMILES string of the molecule is Nc1cc(NCc2ccc(F)c(Cl)c2)nc(C2CC2)n1.